The van der Waals surface area contributed by atoms with Gasteiger partial charge < -0.3 is 15.5 Å². The van der Waals surface area contributed by atoms with Gasteiger partial charge in [0.25, 0.3) is 0 Å². The monoisotopic (exact) mass is 236 g/mol. The van der Waals surface area contributed by atoms with Gasteiger partial charge in [-0.15, -0.1) is 0 Å². The van der Waals surface area contributed by atoms with E-state index < -0.39 is 0 Å². The number of amides is 1. The highest BCUT2D eigenvalue weighted by Crippen LogP contribution is 2.18. The van der Waals surface area contributed by atoms with Gasteiger partial charge in [-0.1, -0.05) is 12.7 Å². The topological polar surface area (TPSA) is 61.9 Å². The molecule has 1 amide bonds. The number of nitrogens with zero attached hydrogens (tertiary/aromatic N) is 3. The molecule has 94 valence electrons. The average Bonchev–Trinajstić information content (AvgIpc) is 2.39. The first-order valence-corrected chi connectivity index (χ1v) is 5.72. The smallest absolute Gasteiger partial charge is 0.209 e. The minimum Gasteiger partial charge on any atom is -0.402 e. The van der Waals surface area contributed by atoms with Crippen molar-refractivity contribution in [1.82, 2.24) is 9.80 Å². The molecule has 1 fully saturated rings. The van der Waals surface area contributed by atoms with Crippen molar-refractivity contribution in [2.45, 2.75) is 18.9 Å². The Morgan fingerprint density at radius 2 is 2.18 bits per heavy atom. The van der Waals surface area contributed by atoms with Gasteiger partial charge in [-0.3, -0.25) is 4.79 Å². The molecule has 1 aliphatic heterocycles. The van der Waals surface area contributed by atoms with Crippen molar-refractivity contribution in [1.29, 1.82) is 0 Å². The lowest BCUT2D eigenvalue weighted by molar-refractivity contribution is -0.119. The van der Waals surface area contributed by atoms with Crippen LogP contribution in [0.3, 0.4) is 0 Å². The highest BCUT2D eigenvalue weighted by Gasteiger charge is 2.22. The largest absolute Gasteiger partial charge is 0.402 e. The summed E-state index contributed by atoms with van der Waals surface area (Å²) in [7, 11) is 1.82. The summed E-state index contributed by atoms with van der Waals surface area (Å²) < 4.78 is 0. The van der Waals surface area contributed by atoms with Crippen molar-refractivity contribution < 1.29 is 4.79 Å². The Kier molecular flexibility index (Phi) is 5.26. The Bertz CT molecular complexity index is 316. The minimum absolute atomic E-state index is 0.325. The maximum Gasteiger partial charge on any atom is 0.209 e. The molecule has 5 nitrogen and oxygen atoms in total. The average molecular weight is 236 g/mol. The summed E-state index contributed by atoms with van der Waals surface area (Å²) >= 11 is 0. The van der Waals surface area contributed by atoms with E-state index in [1.165, 1.54) is 6.20 Å². The zero-order valence-electron chi connectivity index (χ0n) is 10.2. The van der Waals surface area contributed by atoms with E-state index in [2.05, 4.69) is 16.5 Å². The number of piperidine rings is 1. The molecule has 1 aliphatic rings. The van der Waals surface area contributed by atoms with Gasteiger partial charge in [0.2, 0.25) is 6.41 Å². The number of aliphatic imine (C=N–C) groups is 1. The summed E-state index contributed by atoms with van der Waals surface area (Å²) in [6.45, 7) is 5.30. The Hall–Kier alpha value is -1.78. The van der Waals surface area contributed by atoms with E-state index in [0.717, 1.165) is 38.2 Å². The third kappa shape index (κ3) is 3.62. The molecule has 0 aromatic carbocycles. The first-order chi connectivity index (χ1) is 8.22. The number of rotatable bonds is 5. The van der Waals surface area contributed by atoms with Crippen LogP contribution >= 0.6 is 0 Å². The molecule has 2 N–H and O–H groups in total. The molecule has 0 spiro atoms. The fourth-order valence-corrected chi connectivity index (χ4v) is 1.95. The molecule has 0 aromatic rings. The number of carbonyl (C=O) groups excluding carboxylic acids is 1. The van der Waals surface area contributed by atoms with Gasteiger partial charge in [-0.25, -0.2) is 4.99 Å². The molecular formula is C12H20N4O. The molecule has 1 heterocycles. The van der Waals surface area contributed by atoms with E-state index in [-0.39, 0.29) is 0 Å². The minimum atomic E-state index is 0.325. The lowest BCUT2D eigenvalue weighted by Crippen LogP contribution is -2.42. The number of hydrogen-bond donors (Lipinski definition) is 1. The number of carbonyl (C=O) groups is 1. The first kappa shape index (κ1) is 13.3. The second kappa shape index (κ2) is 6.73. The Morgan fingerprint density at radius 1 is 1.53 bits per heavy atom. The second-order valence-electron chi connectivity index (χ2n) is 4.03. The van der Waals surface area contributed by atoms with Crippen LogP contribution in [0.25, 0.3) is 0 Å². The van der Waals surface area contributed by atoms with Crippen molar-refractivity contribution >= 4 is 12.6 Å². The fourth-order valence-electron chi connectivity index (χ4n) is 1.95. The number of allylic oxidation sites excluding steroid dienone is 1. The summed E-state index contributed by atoms with van der Waals surface area (Å²) in [4.78, 5) is 18.7. The van der Waals surface area contributed by atoms with Crippen LogP contribution in [0.4, 0.5) is 0 Å². The van der Waals surface area contributed by atoms with E-state index in [0.29, 0.717) is 6.04 Å². The SMILES string of the molecule is C=CC=N/C(=C\N)N1CCC(N(C)C=O)CC1. The zero-order valence-corrected chi connectivity index (χ0v) is 10.2. The van der Waals surface area contributed by atoms with E-state index in [4.69, 9.17) is 5.73 Å². The maximum atomic E-state index is 10.7. The molecule has 0 atom stereocenters. The molecule has 0 aromatic heterocycles. The quantitative estimate of drug-likeness (QED) is 0.560. The third-order valence-electron chi connectivity index (χ3n) is 2.99. The van der Waals surface area contributed by atoms with E-state index >= 15 is 0 Å². The van der Waals surface area contributed by atoms with E-state index in [9.17, 15) is 4.79 Å². The molecule has 5 heteroatoms. The highest BCUT2D eigenvalue weighted by atomic mass is 16.1. The van der Waals surface area contributed by atoms with Crippen molar-refractivity contribution in [2.24, 2.45) is 10.7 Å². The lowest BCUT2D eigenvalue weighted by atomic mass is 10.0. The van der Waals surface area contributed by atoms with Gasteiger partial charge in [-0.2, -0.15) is 0 Å². The molecule has 0 bridgehead atoms. The maximum absolute atomic E-state index is 10.7. The molecule has 17 heavy (non-hydrogen) atoms. The van der Waals surface area contributed by atoms with Crippen LogP contribution in [0.5, 0.6) is 0 Å². The van der Waals surface area contributed by atoms with Crippen molar-refractivity contribution in [2.75, 3.05) is 20.1 Å². The van der Waals surface area contributed by atoms with Crippen molar-refractivity contribution in [3.63, 3.8) is 0 Å². The molecule has 0 unspecified atom stereocenters. The summed E-state index contributed by atoms with van der Waals surface area (Å²) in [5.41, 5.74) is 5.55. The highest BCUT2D eigenvalue weighted by molar-refractivity contribution is 5.71. The van der Waals surface area contributed by atoms with Crippen LogP contribution < -0.4 is 5.73 Å². The van der Waals surface area contributed by atoms with Crippen LogP contribution in [0, 0.1) is 0 Å². The molecule has 0 saturated carbocycles. The van der Waals surface area contributed by atoms with Crippen molar-refractivity contribution in [3.05, 3.63) is 24.7 Å². The predicted molar refractivity (Wildman–Crippen MR) is 69.4 cm³/mol. The summed E-state index contributed by atoms with van der Waals surface area (Å²) in [6, 6.07) is 0.325. The van der Waals surface area contributed by atoms with Crippen LogP contribution in [0.2, 0.25) is 0 Å². The lowest BCUT2D eigenvalue weighted by Gasteiger charge is -2.36. The zero-order chi connectivity index (χ0) is 12.7. The van der Waals surface area contributed by atoms with Gasteiger partial charge in [0.05, 0.1) is 0 Å². The number of nitrogens with two attached hydrogens (primary N) is 1. The second-order valence-corrected chi connectivity index (χ2v) is 4.03. The first-order valence-electron chi connectivity index (χ1n) is 5.72. The van der Waals surface area contributed by atoms with Crippen molar-refractivity contribution in [3.8, 4) is 0 Å². The van der Waals surface area contributed by atoms with Gasteiger partial charge in [0.1, 0.15) is 5.82 Å². The summed E-state index contributed by atoms with van der Waals surface area (Å²) in [5, 5.41) is 0. The normalized spacial score (nSPS) is 18.4. The number of hydrogen-bond acceptors (Lipinski definition) is 4. The third-order valence-corrected chi connectivity index (χ3v) is 2.99. The molecule has 0 aliphatic carbocycles. The Balaban J connectivity index is 2.53. The molecular weight excluding hydrogens is 216 g/mol. The molecule has 0 radical (unpaired) electrons. The van der Waals surface area contributed by atoms with Gasteiger partial charge >= 0.3 is 0 Å². The molecule has 1 saturated heterocycles. The fraction of sp³-hybridized carbons (Fsp3) is 0.500. The van der Waals surface area contributed by atoms with Crippen LogP contribution in [-0.2, 0) is 4.79 Å². The molecule has 1 rings (SSSR count). The number of likely N-dealkylation sites (tertiary alicyclic amines) is 1. The standard InChI is InChI=1S/C12H20N4O/c1-3-6-14-12(9-13)16-7-4-11(5-8-16)15(2)10-17/h3,6,9-11H,1,4-5,7-8,13H2,2H3/b12-9+,14-6?. The van der Waals surface area contributed by atoms with Gasteiger partial charge in [-0.05, 0) is 12.8 Å². The van der Waals surface area contributed by atoms with E-state index in [1.54, 1.807) is 17.2 Å². The summed E-state index contributed by atoms with van der Waals surface area (Å²) in [5.74, 6) is 0.761. The Morgan fingerprint density at radius 3 is 2.65 bits per heavy atom. The van der Waals surface area contributed by atoms with Gasteiger partial charge in [0.15, 0.2) is 0 Å². The van der Waals surface area contributed by atoms with Crippen LogP contribution in [0.1, 0.15) is 12.8 Å². The van der Waals surface area contributed by atoms with Crippen LogP contribution in [-0.4, -0.2) is 48.6 Å². The summed E-state index contributed by atoms with van der Waals surface area (Å²) in [6.07, 6.45) is 7.52. The van der Waals surface area contributed by atoms with E-state index in [1.807, 2.05) is 7.05 Å². The Labute approximate surface area is 102 Å². The van der Waals surface area contributed by atoms with Gasteiger partial charge in [0, 0.05) is 38.6 Å². The predicted octanol–water partition coefficient (Wildman–Crippen LogP) is 0.553. The van der Waals surface area contributed by atoms with Crippen LogP contribution in [0.15, 0.2) is 29.7 Å².